The van der Waals surface area contributed by atoms with Gasteiger partial charge in [-0.1, -0.05) is 6.07 Å². The van der Waals surface area contributed by atoms with Crippen LogP contribution in [-0.4, -0.2) is 30.5 Å². The van der Waals surface area contributed by atoms with E-state index in [1.54, 1.807) is 18.2 Å². The van der Waals surface area contributed by atoms with Gasteiger partial charge in [0, 0.05) is 18.4 Å². The third kappa shape index (κ3) is 2.96. The average Bonchev–Trinajstić information content (AvgIpc) is 2.62. The molecule has 1 aliphatic carbocycles. The molecule has 0 fully saturated rings. The molecule has 0 saturated carbocycles. The number of fused-ring (bicyclic) bond motifs is 1. The van der Waals surface area contributed by atoms with Crippen LogP contribution in [0.25, 0.3) is 0 Å². The minimum Gasteiger partial charge on any atom is -0.465 e. The summed E-state index contributed by atoms with van der Waals surface area (Å²) < 4.78 is 4.67. The molecule has 0 saturated heterocycles. The monoisotopic (exact) mass is 292 g/mol. The lowest BCUT2D eigenvalue weighted by atomic mass is 9.97. The van der Waals surface area contributed by atoms with Crippen LogP contribution in [0.15, 0.2) is 29.8 Å². The van der Waals surface area contributed by atoms with Crippen molar-refractivity contribution >= 4 is 29.1 Å². The number of carbonyl (C=O) groups is 3. The molecular formula is C15H13ClO4. The topological polar surface area (TPSA) is 60.4 Å². The molecule has 1 aromatic rings. The summed E-state index contributed by atoms with van der Waals surface area (Å²) in [6.45, 7) is 0. The van der Waals surface area contributed by atoms with Gasteiger partial charge in [0.15, 0.2) is 11.6 Å². The molecule has 0 bridgehead atoms. The largest absolute Gasteiger partial charge is 0.465 e. The van der Waals surface area contributed by atoms with Crippen LogP contribution in [0, 0.1) is 0 Å². The number of hydrogen-bond donors (Lipinski definition) is 0. The van der Waals surface area contributed by atoms with E-state index in [0.717, 1.165) is 11.1 Å². The van der Waals surface area contributed by atoms with Crippen molar-refractivity contribution in [2.45, 2.75) is 12.8 Å². The number of rotatable bonds is 3. The number of hydrogen-bond acceptors (Lipinski definition) is 4. The summed E-state index contributed by atoms with van der Waals surface area (Å²) in [4.78, 5) is 35.0. The Hall–Kier alpha value is -1.94. The molecule has 0 amide bonds. The summed E-state index contributed by atoms with van der Waals surface area (Å²) in [6.07, 6.45) is 1.87. The van der Waals surface area contributed by atoms with Crippen molar-refractivity contribution in [2.24, 2.45) is 0 Å². The Kier molecular flexibility index (Phi) is 4.35. The summed E-state index contributed by atoms with van der Waals surface area (Å²) in [5.41, 5.74) is 2.38. The fourth-order valence-corrected chi connectivity index (χ4v) is 2.33. The molecule has 104 valence electrons. The van der Waals surface area contributed by atoms with Crippen LogP contribution in [0.1, 0.15) is 21.5 Å². The summed E-state index contributed by atoms with van der Waals surface area (Å²) in [7, 11) is 1.31. The van der Waals surface area contributed by atoms with Crippen molar-refractivity contribution in [2.75, 3.05) is 13.0 Å². The van der Waals surface area contributed by atoms with Gasteiger partial charge in [0.2, 0.25) is 0 Å². The average molecular weight is 293 g/mol. The van der Waals surface area contributed by atoms with Gasteiger partial charge in [0.05, 0.1) is 18.6 Å². The van der Waals surface area contributed by atoms with Gasteiger partial charge in [-0.05, 0) is 29.3 Å². The van der Waals surface area contributed by atoms with Crippen LogP contribution in [0.4, 0.5) is 0 Å². The first kappa shape index (κ1) is 14.5. The normalized spacial score (nSPS) is 14.1. The fraction of sp³-hybridized carbons (Fsp3) is 0.267. The summed E-state index contributed by atoms with van der Waals surface area (Å²) in [6, 6.07) is 5.00. The van der Waals surface area contributed by atoms with E-state index in [0.29, 0.717) is 17.6 Å². The number of allylic oxidation sites excluding steroid dienone is 2. The van der Waals surface area contributed by atoms with E-state index in [4.69, 9.17) is 11.6 Å². The van der Waals surface area contributed by atoms with E-state index in [1.807, 2.05) is 0 Å². The Morgan fingerprint density at radius 3 is 2.65 bits per heavy atom. The highest BCUT2D eigenvalue weighted by atomic mass is 35.5. The Balaban J connectivity index is 2.42. The lowest BCUT2D eigenvalue weighted by molar-refractivity contribution is -0.116. The number of halogens is 1. The molecule has 1 aromatic carbocycles. The molecule has 0 heterocycles. The van der Waals surface area contributed by atoms with E-state index in [2.05, 4.69) is 4.74 Å². The zero-order valence-corrected chi connectivity index (χ0v) is 11.7. The van der Waals surface area contributed by atoms with Gasteiger partial charge in [-0.25, -0.2) is 4.79 Å². The second kappa shape index (κ2) is 6.01. The van der Waals surface area contributed by atoms with Crippen molar-refractivity contribution in [1.29, 1.82) is 0 Å². The first-order chi connectivity index (χ1) is 9.55. The molecule has 20 heavy (non-hydrogen) atoms. The third-order valence-corrected chi connectivity index (χ3v) is 3.43. The minimum absolute atomic E-state index is 0.136. The quantitative estimate of drug-likeness (QED) is 0.630. The molecule has 0 radical (unpaired) electrons. The molecule has 0 atom stereocenters. The Bertz CT molecular complexity index is 616. The molecule has 4 nitrogen and oxygen atoms in total. The predicted molar refractivity (Wildman–Crippen MR) is 74.0 cm³/mol. The maximum Gasteiger partial charge on any atom is 0.337 e. The smallest absolute Gasteiger partial charge is 0.337 e. The van der Waals surface area contributed by atoms with Gasteiger partial charge >= 0.3 is 5.97 Å². The van der Waals surface area contributed by atoms with Crippen LogP contribution >= 0.6 is 11.6 Å². The zero-order valence-electron chi connectivity index (χ0n) is 10.9. The summed E-state index contributed by atoms with van der Waals surface area (Å²) in [5.74, 6) is -1.01. The SMILES string of the molecule is COC(=O)c1ccc2c(c1)CC(C(=O)CCl)=CC(=O)C2. The lowest BCUT2D eigenvalue weighted by Crippen LogP contribution is -2.08. The van der Waals surface area contributed by atoms with Crippen LogP contribution in [0.2, 0.25) is 0 Å². The van der Waals surface area contributed by atoms with Gasteiger partial charge < -0.3 is 4.74 Å². The molecular weight excluding hydrogens is 280 g/mol. The highest BCUT2D eigenvalue weighted by Crippen LogP contribution is 2.22. The van der Waals surface area contributed by atoms with Crippen LogP contribution in [0.5, 0.6) is 0 Å². The van der Waals surface area contributed by atoms with Crippen molar-refractivity contribution in [1.82, 2.24) is 0 Å². The molecule has 0 unspecified atom stereocenters. The second-order valence-electron chi connectivity index (χ2n) is 4.52. The Morgan fingerprint density at radius 2 is 2.00 bits per heavy atom. The lowest BCUT2D eigenvalue weighted by Gasteiger charge is -2.08. The minimum atomic E-state index is -0.447. The van der Waals surface area contributed by atoms with Crippen molar-refractivity contribution in [3.63, 3.8) is 0 Å². The maximum atomic E-state index is 11.8. The second-order valence-corrected chi connectivity index (χ2v) is 4.79. The Morgan fingerprint density at radius 1 is 1.25 bits per heavy atom. The molecule has 0 aliphatic heterocycles. The van der Waals surface area contributed by atoms with Gasteiger partial charge in [-0.3, -0.25) is 9.59 Å². The number of ether oxygens (including phenoxy) is 1. The van der Waals surface area contributed by atoms with Gasteiger partial charge in [-0.15, -0.1) is 11.6 Å². The van der Waals surface area contributed by atoms with Gasteiger partial charge in [-0.2, -0.15) is 0 Å². The van der Waals surface area contributed by atoms with E-state index in [9.17, 15) is 14.4 Å². The first-order valence-electron chi connectivity index (χ1n) is 6.08. The molecule has 0 N–H and O–H groups in total. The number of ketones is 2. The van der Waals surface area contributed by atoms with E-state index < -0.39 is 5.97 Å². The number of benzene rings is 1. The van der Waals surface area contributed by atoms with Crippen LogP contribution in [-0.2, 0) is 27.2 Å². The highest BCUT2D eigenvalue weighted by Gasteiger charge is 2.20. The van der Waals surface area contributed by atoms with E-state index in [-0.39, 0.29) is 23.9 Å². The summed E-state index contributed by atoms with van der Waals surface area (Å²) in [5, 5.41) is 0. The molecule has 5 heteroatoms. The van der Waals surface area contributed by atoms with Gasteiger partial charge in [0.1, 0.15) is 0 Å². The Labute approximate surface area is 121 Å². The number of esters is 1. The van der Waals surface area contributed by atoms with E-state index in [1.165, 1.54) is 13.2 Å². The molecule has 2 rings (SSSR count). The van der Waals surface area contributed by atoms with Gasteiger partial charge in [0.25, 0.3) is 0 Å². The first-order valence-corrected chi connectivity index (χ1v) is 6.61. The van der Waals surface area contributed by atoms with Crippen molar-refractivity contribution < 1.29 is 19.1 Å². The number of methoxy groups -OCH3 is 1. The number of alkyl halides is 1. The highest BCUT2D eigenvalue weighted by molar-refractivity contribution is 6.30. The third-order valence-electron chi connectivity index (χ3n) is 3.19. The predicted octanol–water partition coefficient (Wildman–Crippen LogP) is 1.88. The number of carbonyl (C=O) groups excluding carboxylic acids is 3. The fourth-order valence-electron chi connectivity index (χ4n) is 2.16. The molecule has 0 aromatic heterocycles. The van der Waals surface area contributed by atoms with Crippen LogP contribution < -0.4 is 0 Å². The zero-order chi connectivity index (χ0) is 14.7. The summed E-state index contributed by atoms with van der Waals surface area (Å²) >= 11 is 5.54. The van der Waals surface area contributed by atoms with Crippen molar-refractivity contribution in [3.05, 3.63) is 46.5 Å². The number of Topliss-reactive ketones (excluding diaryl/α,β-unsaturated/α-hetero) is 1. The van der Waals surface area contributed by atoms with E-state index >= 15 is 0 Å². The van der Waals surface area contributed by atoms with Crippen molar-refractivity contribution in [3.8, 4) is 0 Å². The standard InChI is InChI=1S/C15H13ClO4/c1-20-15(19)10-3-2-9-6-13(17)7-12(14(18)8-16)5-11(9)4-10/h2-4,7H,5-6,8H2,1H3. The van der Waals surface area contributed by atoms with Crippen LogP contribution in [0.3, 0.4) is 0 Å². The molecule has 1 aliphatic rings. The maximum absolute atomic E-state index is 11.8. The molecule has 0 spiro atoms.